The van der Waals surface area contributed by atoms with E-state index in [1.807, 2.05) is 23.6 Å². The van der Waals surface area contributed by atoms with Gasteiger partial charge in [0.15, 0.2) is 0 Å². The highest BCUT2D eigenvalue weighted by atomic mass is 32.2. The van der Waals surface area contributed by atoms with E-state index in [1.165, 1.54) is 4.31 Å². The summed E-state index contributed by atoms with van der Waals surface area (Å²) in [4.78, 5) is 0. The maximum absolute atomic E-state index is 12.5. The molecule has 2 heterocycles. The molecule has 0 amide bonds. The predicted molar refractivity (Wildman–Crippen MR) is 85.8 cm³/mol. The zero-order chi connectivity index (χ0) is 14.9. The Hall–Kier alpha value is -1.15. The summed E-state index contributed by atoms with van der Waals surface area (Å²) in [5.74, 6) is 0. The molecule has 5 nitrogen and oxygen atoms in total. The predicted octanol–water partition coefficient (Wildman–Crippen LogP) is 2.40. The molecule has 1 saturated heterocycles. The minimum atomic E-state index is -3.62. The molecule has 1 unspecified atom stereocenters. The monoisotopic (exact) mass is 326 g/mol. The summed E-state index contributed by atoms with van der Waals surface area (Å²) >= 11 is 1.63. The van der Waals surface area contributed by atoms with Crippen molar-refractivity contribution in [3.8, 4) is 0 Å². The molecule has 7 heteroatoms. The molecule has 3 rings (SSSR count). The third-order valence-electron chi connectivity index (χ3n) is 3.79. The van der Waals surface area contributed by atoms with Gasteiger partial charge in [-0.2, -0.15) is 12.7 Å². The molecule has 1 aliphatic rings. The van der Waals surface area contributed by atoms with E-state index in [0.717, 1.165) is 22.9 Å². The van der Waals surface area contributed by atoms with E-state index in [4.69, 9.17) is 0 Å². The lowest BCUT2D eigenvalue weighted by Gasteiger charge is -2.33. The Bertz CT molecular complexity index is 727. The third-order valence-corrected chi connectivity index (χ3v) is 6.28. The SMILES string of the molecule is O=S(=O)(Nc1ccc2sccc2c1)N1CCCCC1CO. The highest BCUT2D eigenvalue weighted by molar-refractivity contribution is 7.90. The van der Waals surface area contributed by atoms with Gasteiger partial charge in [0.2, 0.25) is 0 Å². The van der Waals surface area contributed by atoms with Crippen LogP contribution in [0.2, 0.25) is 0 Å². The highest BCUT2D eigenvalue weighted by Crippen LogP contribution is 2.26. The molecule has 21 heavy (non-hydrogen) atoms. The van der Waals surface area contributed by atoms with Crippen LogP contribution in [0.3, 0.4) is 0 Å². The van der Waals surface area contributed by atoms with E-state index in [-0.39, 0.29) is 12.6 Å². The van der Waals surface area contributed by atoms with Crippen molar-refractivity contribution < 1.29 is 13.5 Å². The Balaban J connectivity index is 1.84. The zero-order valence-corrected chi connectivity index (χ0v) is 13.2. The summed E-state index contributed by atoms with van der Waals surface area (Å²) in [6, 6.07) is 7.17. The number of nitrogens with one attached hydrogen (secondary N) is 1. The molecular weight excluding hydrogens is 308 g/mol. The number of fused-ring (bicyclic) bond motifs is 1. The van der Waals surface area contributed by atoms with Crippen LogP contribution in [0.1, 0.15) is 19.3 Å². The van der Waals surface area contributed by atoms with Gasteiger partial charge in [-0.25, -0.2) is 0 Å². The largest absolute Gasteiger partial charge is 0.395 e. The van der Waals surface area contributed by atoms with E-state index in [1.54, 1.807) is 17.4 Å². The Kier molecular flexibility index (Phi) is 4.17. The first-order valence-corrected chi connectivity index (χ1v) is 9.30. The topological polar surface area (TPSA) is 69.6 Å². The molecule has 2 N–H and O–H groups in total. The molecule has 1 aliphatic heterocycles. The normalized spacial score (nSPS) is 20.7. The second-order valence-corrected chi connectivity index (χ2v) is 7.79. The van der Waals surface area contributed by atoms with Crippen LogP contribution < -0.4 is 4.72 Å². The van der Waals surface area contributed by atoms with Gasteiger partial charge in [0.1, 0.15) is 0 Å². The first-order chi connectivity index (χ1) is 10.1. The van der Waals surface area contributed by atoms with Crippen molar-refractivity contribution in [3.63, 3.8) is 0 Å². The average molecular weight is 326 g/mol. The fourth-order valence-electron chi connectivity index (χ4n) is 2.71. The van der Waals surface area contributed by atoms with Crippen molar-refractivity contribution in [2.45, 2.75) is 25.3 Å². The molecule has 1 aromatic carbocycles. The second kappa shape index (κ2) is 5.92. The van der Waals surface area contributed by atoms with Crippen molar-refractivity contribution >= 4 is 37.3 Å². The molecule has 0 aliphatic carbocycles. The van der Waals surface area contributed by atoms with Crippen LogP contribution in [0.25, 0.3) is 10.1 Å². The summed E-state index contributed by atoms with van der Waals surface area (Å²) in [6.45, 7) is 0.325. The molecule has 1 atom stereocenters. The van der Waals surface area contributed by atoms with Crippen LogP contribution in [0.15, 0.2) is 29.6 Å². The van der Waals surface area contributed by atoms with Crippen molar-refractivity contribution in [3.05, 3.63) is 29.6 Å². The maximum atomic E-state index is 12.5. The lowest BCUT2D eigenvalue weighted by Crippen LogP contribution is -2.47. The van der Waals surface area contributed by atoms with Gasteiger partial charge < -0.3 is 5.11 Å². The molecule has 0 spiro atoms. The molecular formula is C14H18N2O3S2. The van der Waals surface area contributed by atoms with Gasteiger partial charge in [-0.15, -0.1) is 11.3 Å². The van der Waals surface area contributed by atoms with E-state index >= 15 is 0 Å². The molecule has 0 saturated carbocycles. The molecule has 114 valence electrons. The summed E-state index contributed by atoms with van der Waals surface area (Å²) < 4.78 is 30.1. The molecule has 1 aromatic heterocycles. The van der Waals surface area contributed by atoms with Crippen LogP contribution in [0.5, 0.6) is 0 Å². The standard InChI is InChI=1S/C14H18N2O3S2/c17-10-13-3-1-2-7-16(13)21(18,19)15-12-4-5-14-11(9-12)6-8-20-14/h4-6,8-9,13,15,17H,1-3,7,10H2. The number of aliphatic hydroxyl groups excluding tert-OH is 1. The molecule has 2 aromatic rings. The van der Waals surface area contributed by atoms with Crippen LogP contribution >= 0.6 is 11.3 Å². The minimum Gasteiger partial charge on any atom is -0.395 e. The average Bonchev–Trinajstić information content (AvgIpc) is 2.94. The van der Waals surface area contributed by atoms with Gasteiger partial charge in [-0.05, 0) is 47.9 Å². The smallest absolute Gasteiger partial charge is 0.301 e. The summed E-state index contributed by atoms with van der Waals surface area (Å²) in [5.41, 5.74) is 0.558. The van der Waals surface area contributed by atoms with Crippen molar-refractivity contribution in [2.75, 3.05) is 17.9 Å². The summed E-state index contributed by atoms with van der Waals surface area (Å²) in [7, 11) is -3.62. The Morgan fingerprint density at radius 3 is 3.00 bits per heavy atom. The first kappa shape index (κ1) is 14.8. The number of rotatable bonds is 4. The lowest BCUT2D eigenvalue weighted by molar-refractivity contribution is 0.156. The quantitative estimate of drug-likeness (QED) is 0.906. The van der Waals surface area contributed by atoms with Gasteiger partial charge in [-0.3, -0.25) is 4.72 Å². The number of hydrogen-bond acceptors (Lipinski definition) is 4. The van der Waals surface area contributed by atoms with Crippen LogP contribution in [-0.4, -0.2) is 37.0 Å². The number of anilines is 1. The van der Waals surface area contributed by atoms with E-state index in [9.17, 15) is 13.5 Å². The van der Waals surface area contributed by atoms with E-state index < -0.39 is 10.2 Å². The van der Waals surface area contributed by atoms with Gasteiger partial charge in [0, 0.05) is 17.3 Å². The van der Waals surface area contributed by atoms with Crippen LogP contribution in [0.4, 0.5) is 5.69 Å². The minimum absolute atomic E-state index is 0.134. The second-order valence-electron chi connectivity index (χ2n) is 5.22. The Labute approximate surface area is 128 Å². The third kappa shape index (κ3) is 3.06. The Morgan fingerprint density at radius 2 is 2.19 bits per heavy atom. The molecule has 0 bridgehead atoms. The van der Waals surface area contributed by atoms with Crippen LogP contribution in [-0.2, 0) is 10.2 Å². The van der Waals surface area contributed by atoms with Crippen molar-refractivity contribution in [2.24, 2.45) is 0 Å². The van der Waals surface area contributed by atoms with Crippen molar-refractivity contribution in [1.82, 2.24) is 4.31 Å². The van der Waals surface area contributed by atoms with Gasteiger partial charge in [0.25, 0.3) is 0 Å². The van der Waals surface area contributed by atoms with Gasteiger partial charge >= 0.3 is 10.2 Å². The zero-order valence-electron chi connectivity index (χ0n) is 11.5. The fraction of sp³-hybridized carbons (Fsp3) is 0.429. The van der Waals surface area contributed by atoms with Gasteiger partial charge in [0.05, 0.1) is 12.3 Å². The van der Waals surface area contributed by atoms with Crippen molar-refractivity contribution in [1.29, 1.82) is 0 Å². The number of nitrogens with zero attached hydrogens (tertiary/aromatic N) is 1. The number of thiophene rings is 1. The maximum Gasteiger partial charge on any atom is 0.301 e. The number of aliphatic hydroxyl groups is 1. The fourth-order valence-corrected chi connectivity index (χ4v) is 4.96. The Morgan fingerprint density at radius 1 is 1.33 bits per heavy atom. The number of hydrogen-bond donors (Lipinski definition) is 2. The molecule has 1 fully saturated rings. The first-order valence-electron chi connectivity index (χ1n) is 6.98. The van der Waals surface area contributed by atoms with Gasteiger partial charge in [-0.1, -0.05) is 6.42 Å². The van der Waals surface area contributed by atoms with E-state index in [2.05, 4.69) is 4.72 Å². The summed E-state index contributed by atoms with van der Waals surface area (Å²) in [5, 5.41) is 12.4. The number of benzene rings is 1. The number of piperidine rings is 1. The highest BCUT2D eigenvalue weighted by Gasteiger charge is 2.31. The summed E-state index contributed by atoms with van der Waals surface area (Å²) in [6.07, 6.45) is 2.50. The van der Waals surface area contributed by atoms with Crippen LogP contribution in [0, 0.1) is 0 Å². The lowest BCUT2D eigenvalue weighted by atomic mass is 10.1. The molecule has 0 radical (unpaired) electrons. The van der Waals surface area contributed by atoms with E-state index in [0.29, 0.717) is 18.7 Å².